The molecule has 1 aromatic rings. The molecule has 1 fully saturated rings. The first-order chi connectivity index (χ1) is 12.4. The minimum Gasteiger partial charge on any atom is -0.381 e. The van der Waals surface area contributed by atoms with Crippen LogP contribution in [0.3, 0.4) is 0 Å². The topological polar surface area (TPSA) is 54.9 Å². The molecule has 0 atom stereocenters. The summed E-state index contributed by atoms with van der Waals surface area (Å²) in [6, 6.07) is 10.6. The molecule has 0 radical (unpaired) electrons. The van der Waals surface area contributed by atoms with E-state index in [2.05, 4.69) is 52.9 Å². The van der Waals surface area contributed by atoms with Gasteiger partial charge in [0.15, 0.2) is 5.96 Å². The Labute approximate surface area is 152 Å². The normalized spacial score (nSPS) is 16.0. The second kappa shape index (κ2) is 12.7. The Morgan fingerprint density at radius 2 is 1.96 bits per heavy atom. The van der Waals surface area contributed by atoms with E-state index in [1.807, 2.05) is 0 Å². The van der Waals surface area contributed by atoms with E-state index in [-0.39, 0.29) is 0 Å². The Hall–Kier alpha value is -1.59. The fraction of sp³-hybridized carbons (Fsp3) is 0.650. The number of guanidine groups is 1. The van der Waals surface area contributed by atoms with Crippen molar-refractivity contribution in [3.63, 3.8) is 0 Å². The molecule has 140 valence electrons. The van der Waals surface area contributed by atoms with Crippen molar-refractivity contribution < 1.29 is 9.47 Å². The third-order valence-corrected chi connectivity index (χ3v) is 4.22. The summed E-state index contributed by atoms with van der Waals surface area (Å²) in [7, 11) is 0. The van der Waals surface area contributed by atoms with Gasteiger partial charge in [0.05, 0.1) is 6.10 Å². The molecule has 25 heavy (non-hydrogen) atoms. The van der Waals surface area contributed by atoms with Gasteiger partial charge in [0.1, 0.15) is 0 Å². The van der Waals surface area contributed by atoms with Gasteiger partial charge in [-0.2, -0.15) is 0 Å². The fourth-order valence-electron chi connectivity index (χ4n) is 2.83. The van der Waals surface area contributed by atoms with Gasteiger partial charge in [-0.05, 0) is 44.6 Å². The third kappa shape index (κ3) is 8.89. The Morgan fingerprint density at radius 1 is 1.16 bits per heavy atom. The summed E-state index contributed by atoms with van der Waals surface area (Å²) in [4.78, 5) is 4.65. The number of aryl methyl sites for hydroxylation is 1. The molecule has 0 unspecified atom stereocenters. The minimum atomic E-state index is 0.383. The molecule has 1 aromatic carbocycles. The van der Waals surface area contributed by atoms with Crippen molar-refractivity contribution in [1.82, 2.24) is 10.6 Å². The van der Waals surface area contributed by atoms with Crippen LogP contribution in [0.25, 0.3) is 0 Å². The maximum atomic E-state index is 5.89. The summed E-state index contributed by atoms with van der Waals surface area (Å²) >= 11 is 0. The van der Waals surface area contributed by atoms with Crippen LogP contribution in [0.1, 0.15) is 38.2 Å². The molecule has 0 amide bonds. The van der Waals surface area contributed by atoms with Gasteiger partial charge in [-0.15, -0.1) is 0 Å². The van der Waals surface area contributed by atoms with Crippen molar-refractivity contribution >= 4 is 5.96 Å². The Bertz CT molecular complexity index is 473. The predicted octanol–water partition coefficient (Wildman–Crippen LogP) is 2.76. The molecular formula is C20H33N3O2. The molecule has 0 spiro atoms. The Morgan fingerprint density at radius 3 is 2.72 bits per heavy atom. The van der Waals surface area contributed by atoms with E-state index in [0.29, 0.717) is 6.10 Å². The lowest BCUT2D eigenvalue weighted by atomic mass is 10.1. The zero-order valence-electron chi connectivity index (χ0n) is 15.5. The number of nitrogens with one attached hydrogen (secondary N) is 2. The molecule has 0 aliphatic carbocycles. The summed E-state index contributed by atoms with van der Waals surface area (Å²) in [6.07, 6.45) is 5.56. The maximum Gasteiger partial charge on any atom is 0.191 e. The molecule has 1 aliphatic rings. The molecule has 1 aliphatic heterocycles. The highest BCUT2D eigenvalue weighted by atomic mass is 16.5. The van der Waals surface area contributed by atoms with Crippen LogP contribution in [0.15, 0.2) is 35.3 Å². The van der Waals surface area contributed by atoms with Gasteiger partial charge in [-0.1, -0.05) is 30.3 Å². The standard InChI is InChI=1S/C20H33N3O2/c1-2-21-20(22-13-6-10-18-8-4-3-5-9-18)23-14-7-15-25-19-11-16-24-17-12-19/h3-5,8-9,19H,2,6-7,10-17H2,1H3,(H2,21,22,23). The van der Waals surface area contributed by atoms with Crippen LogP contribution < -0.4 is 10.6 Å². The van der Waals surface area contributed by atoms with Gasteiger partial charge in [-0.25, -0.2) is 0 Å². The lowest BCUT2D eigenvalue weighted by Gasteiger charge is -2.22. The Balaban J connectivity index is 1.56. The van der Waals surface area contributed by atoms with E-state index in [0.717, 1.165) is 77.5 Å². The molecule has 5 nitrogen and oxygen atoms in total. The van der Waals surface area contributed by atoms with E-state index in [1.54, 1.807) is 0 Å². The molecule has 5 heteroatoms. The molecule has 0 aromatic heterocycles. The molecule has 0 bridgehead atoms. The van der Waals surface area contributed by atoms with Crippen LogP contribution in [0, 0.1) is 0 Å². The van der Waals surface area contributed by atoms with Crippen molar-refractivity contribution in [2.24, 2.45) is 4.99 Å². The second-order valence-corrected chi connectivity index (χ2v) is 6.31. The maximum absolute atomic E-state index is 5.89. The SMILES string of the molecule is CCNC(=NCCCc1ccccc1)NCCCOC1CCOCC1. The average Bonchev–Trinajstić information content (AvgIpc) is 2.66. The number of aliphatic imine (C=N–C) groups is 1. The summed E-state index contributed by atoms with van der Waals surface area (Å²) < 4.78 is 11.2. The highest BCUT2D eigenvalue weighted by Gasteiger charge is 2.13. The number of ether oxygens (including phenoxy) is 2. The van der Waals surface area contributed by atoms with E-state index in [1.165, 1.54) is 5.56 Å². The van der Waals surface area contributed by atoms with Crippen molar-refractivity contribution in [3.05, 3.63) is 35.9 Å². The predicted molar refractivity (Wildman–Crippen MR) is 103 cm³/mol. The van der Waals surface area contributed by atoms with Gasteiger partial charge >= 0.3 is 0 Å². The zero-order valence-corrected chi connectivity index (χ0v) is 15.5. The molecule has 2 rings (SSSR count). The molecular weight excluding hydrogens is 314 g/mol. The van der Waals surface area contributed by atoms with Gasteiger partial charge in [0.25, 0.3) is 0 Å². The van der Waals surface area contributed by atoms with Gasteiger partial charge in [0, 0.05) is 39.5 Å². The van der Waals surface area contributed by atoms with Crippen LogP contribution >= 0.6 is 0 Å². The first-order valence-electron chi connectivity index (χ1n) is 9.64. The van der Waals surface area contributed by atoms with E-state index in [4.69, 9.17) is 9.47 Å². The minimum absolute atomic E-state index is 0.383. The van der Waals surface area contributed by atoms with Crippen molar-refractivity contribution in [3.8, 4) is 0 Å². The zero-order chi connectivity index (χ0) is 17.6. The van der Waals surface area contributed by atoms with Crippen molar-refractivity contribution in [1.29, 1.82) is 0 Å². The molecule has 1 heterocycles. The first-order valence-corrected chi connectivity index (χ1v) is 9.64. The highest BCUT2D eigenvalue weighted by molar-refractivity contribution is 5.79. The van der Waals surface area contributed by atoms with Gasteiger partial charge in [0.2, 0.25) is 0 Å². The van der Waals surface area contributed by atoms with Crippen molar-refractivity contribution in [2.75, 3.05) is 39.5 Å². The molecule has 1 saturated heterocycles. The summed E-state index contributed by atoms with van der Waals surface area (Å²) in [5.74, 6) is 0.904. The summed E-state index contributed by atoms with van der Waals surface area (Å²) in [5, 5.41) is 6.69. The highest BCUT2D eigenvalue weighted by Crippen LogP contribution is 2.10. The quantitative estimate of drug-likeness (QED) is 0.388. The van der Waals surface area contributed by atoms with Crippen LogP contribution in [0.2, 0.25) is 0 Å². The van der Waals surface area contributed by atoms with Gasteiger partial charge < -0.3 is 20.1 Å². The number of hydrogen-bond donors (Lipinski definition) is 2. The summed E-state index contributed by atoms with van der Waals surface area (Å²) in [5.41, 5.74) is 1.38. The van der Waals surface area contributed by atoms with Gasteiger partial charge in [-0.3, -0.25) is 4.99 Å². The smallest absolute Gasteiger partial charge is 0.191 e. The van der Waals surface area contributed by atoms with Crippen LogP contribution in [0.4, 0.5) is 0 Å². The van der Waals surface area contributed by atoms with Crippen molar-refractivity contribution in [2.45, 2.75) is 45.1 Å². The lowest BCUT2D eigenvalue weighted by molar-refractivity contribution is -0.0320. The van der Waals surface area contributed by atoms with E-state index in [9.17, 15) is 0 Å². The fourth-order valence-corrected chi connectivity index (χ4v) is 2.83. The Kier molecular flexibility index (Phi) is 10.0. The third-order valence-electron chi connectivity index (χ3n) is 4.22. The number of benzene rings is 1. The number of nitrogens with zero attached hydrogens (tertiary/aromatic N) is 1. The largest absolute Gasteiger partial charge is 0.381 e. The van der Waals surface area contributed by atoms with E-state index < -0.39 is 0 Å². The first kappa shape index (κ1) is 19.7. The van der Waals surface area contributed by atoms with E-state index >= 15 is 0 Å². The van der Waals surface area contributed by atoms with Crippen LogP contribution in [-0.2, 0) is 15.9 Å². The number of rotatable bonds is 10. The molecule has 2 N–H and O–H groups in total. The number of hydrogen-bond acceptors (Lipinski definition) is 3. The monoisotopic (exact) mass is 347 g/mol. The van der Waals surface area contributed by atoms with Crippen LogP contribution in [0.5, 0.6) is 0 Å². The average molecular weight is 348 g/mol. The second-order valence-electron chi connectivity index (χ2n) is 6.31. The van der Waals surface area contributed by atoms with Crippen LogP contribution in [-0.4, -0.2) is 51.5 Å². The molecule has 0 saturated carbocycles. The lowest BCUT2D eigenvalue weighted by Crippen LogP contribution is -2.38. The summed E-state index contributed by atoms with van der Waals surface area (Å²) in [6.45, 7) is 7.16.